The van der Waals surface area contributed by atoms with Crippen LogP contribution in [-0.4, -0.2) is 68.8 Å². The Hall–Kier alpha value is -0.520. The highest BCUT2D eigenvalue weighted by Gasteiger charge is 2.18. The number of nitrogens with zero attached hydrogens (tertiary/aromatic N) is 3. The molecule has 27 heavy (non-hydrogen) atoms. The minimum Gasteiger partial charge on any atom is -0.357 e. The molecule has 1 rings (SSSR count). The summed E-state index contributed by atoms with van der Waals surface area (Å²) in [6, 6.07) is 8.43. The number of aliphatic imine (C=N–C) groups is 1. The van der Waals surface area contributed by atoms with E-state index in [-0.39, 0.29) is 36.3 Å². The molecule has 156 valence electrons. The van der Waals surface area contributed by atoms with Gasteiger partial charge < -0.3 is 10.2 Å². The van der Waals surface area contributed by atoms with Crippen molar-refractivity contribution in [3.8, 4) is 0 Å². The van der Waals surface area contributed by atoms with E-state index >= 15 is 0 Å². The van der Waals surface area contributed by atoms with Gasteiger partial charge in [0.05, 0.1) is 12.3 Å². The van der Waals surface area contributed by atoms with E-state index in [9.17, 15) is 8.42 Å². The van der Waals surface area contributed by atoms with E-state index in [0.717, 1.165) is 12.5 Å². The lowest BCUT2D eigenvalue weighted by atomic mass is 10.2. The van der Waals surface area contributed by atoms with Gasteiger partial charge in [0.2, 0.25) is 10.0 Å². The van der Waals surface area contributed by atoms with Gasteiger partial charge >= 0.3 is 0 Å². The van der Waals surface area contributed by atoms with Gasteiger partial charge in [0.25, 0.3) is 0 Å². The molecule has 0 radical (unpaired) electrons. The predicted molar refractivity (Wildman–Crippen MR) is 128 cm³/mol. The Morgan fingerprint density at radius 3 is 2.22 bits per heavy atom. The van der Waals surface area contributed by atoms with Gasteiger partial charge in [0.1, 0.15) is 0 Å². The Labute approximate surface area is 186 Å². The summed E-state index contributed by atoms with van der Waals surface area (Å²) in [4.78, 5) is 7.75. The Kier molecular flexibility index (Phi) is 13.4. The molecule has 0 aliphatic heterocycles. The first-order chi connectivity index (χ1) is 12.4. The van der Waals surface area contributed by atoms with Crippen LogP contribution in [0.3, 0.4) is 0 Å². The van der Waals surface area contributed by atoms with Gasteiger partial charge in [0.15, 0.2) is 5.96 Å². The minimum absolute atomic E-state index is 0. The molecule has 0 amide bonds. The number of hydrogen-bond donors (Lipinski definition) is 1. The van der Waals surface area contributed by atoms with Crippen LogP contribution in [-0.2, 0) is 16.6 Å². The summed E-state index contributed by atoms with van der Waals surface area (Å²) in [5, 5.41) is 3.23. The molecule has 1 aromatic rings. The maximum absolute atomic E-state index is 12.3. The van der Waals surface area contributed by atoms with Gasteiger partial charge in [0, 0.05) is 38.1 Å². The molecule has 6 nitrogen and oxygen atoms in total. The first-order valence-electron chi connectivity index (χ1n) is 8.98. The number of hydrogen-bond acceptors (Lipinski definition) is 4. The monoisotopic (exact) mass is 528 g/mol. The van der Waals surface area contributed by atoms with Gasteiger partial charge in [-0.2, -0.15) is 0 Å². The number of rotatable bonds is 10. The second-order valence-corrected chi connectivity index (χ2v) is 8.81. The highest BCUT2D eigenvalue weighted by Crippen LogP contribution is 2.15. The van der Waals surface area contributed by atoms with Crippen LogP contribution in [0.1, 0.15) is 26.3 Å². The van der Waals surface area contributed by atoms with Crippen LogP contribution >= 0.6 is 35.7 Å². The molecule has 0 saturated heterocycles. The van der Waals surface area contributed by atoms with Crippen molar-refractivity contribution in [2.45, 2.75) is 32.2 Å². The van der Waals surface area contributed by atoms with Crippen molar-refractivity contribution in [3.05, 3.63) is 29.8 Å². The van der Waals surface area contributed by atoms with E-state index in [1.165, 1.54) is 14.8 Å². The number of halogens is 1. The molecule has 0 aliphatic carbocycles. The van der Waals surface area contributed by atoms with E-state index in [1.54, 1.807) is 11.8 Å². The summed E-state index contributed by atoms with van der Waals surface area (Å²) < 4.78 is 26.0. The zero-order valence-electron chi connectivity index (χ0n) is 16.9. The zero-order chi connectivity index (χ0) is 19.6. The zero-order valence-corrected chi connectivity index (χ0v) is 20.9. The van der Waals surface area contributed by atoms with Gasteiger partial charge in [-0.1, -0.05) is 26.0 Å². The number of guanidine groups is 1. The third-order valence-electron chi connectivity index (χ3n) is 3.98. The first kappa shape index (κ1) is 26.5. The van der Waals surface area contributed by atoms with Crippen LogP contribution < -0.4 is 5.32 Å². The smallest absolute Gasteiger partial charge is 0.215 e. The molecular weight excluding hydrogens is 495 g/mol. The number of benzene rings is 1. The SMILES string of the molecule is CCNC(=NCCS(=O)(=O)N(CC)CC)N(C)Cc1ccc(SC)cc1.I. The van der Waals surface area contributed by atoms with E-state index < -0.39 is 10.0 Å². The van der Waals surface area contributed by atoms with Crippen molar-refractivity contribution >= 4 is 51.7 Å². The minimum atomic E-state index is -3.25. The molecular formula is C18H33IN4O2S2. The lowest BCUT2D eigenvalue weighted by Gasteiger charge is -2.23. The summed E-state index contributed by atoms with van der Waals surface area (Å²) in [7, 11) is -1.29. The molecule has 0 aromatic heterocycles. The van der Waals surface area contributed by atoms with Crippen molar-refractivity contribution in [2.75, 3.05) is 45.2 Å². The average Bonchev–Trinajstić information content (AvgIpc) is 2.62. The van der Waals surface area contributed by atoms with Crippen LogP contribution in [0.5, 0.6) is 0 Å². The standard InChI is InChI=1S/C18H32N4O2S2.HI/c1-6-19-18(20-13-14-26(23,24)22(7-2)8-3)21(4)15-16-9-11-17(25-5)12-10-16;/h9-12H,6-8,13-15H2,1-5H3,(H,19,20);1H. The highest BCUT2D eigenvalue weighted by atomic mass is 127. The summed E-state index contributed by atoms with van der Waals surface area (Å²) in [5.74, 6) is 0.746. The topological polar surface area (TPSA) is 65.0 Å². The Balaban J connectivity index is 0.00000676. The van der Waals surface area contributed by atoms with Crippen molar-refractivity contribution in [3.63, 3.8) is 0 Å². The Bertz CT molecular complexity index is 662. The van der Waals surface area contributed by atoms with Gasteiger partial charge in [-0.05, 0) is 30.9 Å². The fourth-order valence-electron chi connectivity index (χ4n) is 2.56. The summed E-state index contributed by atoms with van der Waals surface area (Å²) in [6.07, 6.45) is 2.06. The van der Waals surface area contributed by atoms with E-state index in [4.69, 9.17) is 0 Å². The van der Waals surface area contributed by atoms with Crippen LogP contribution in [0.25, 0.3) is 0 Å². The third kappa shape index (κ3) is 9.01. The fourth-order valence-corrected chi connectivity index (χ4v) is 4.34. The largest absolute Gasteiger partial charge is 0.357 e. The number of thioether (sulfide) groups is 1. The molecule has 0 aliphatic rings. The highest BCUT2D eigenvalue weighted by molar-refractivity contribution is 14.0. The number of nitrogens with one attached hydrogen (secondary N) is 1. The molecule has 0 unspecified atom stereocenters. The van der Waals surface area contributed by atoms with Gasteiger partial charge in [-0.15, -0.1) is 35.7 Å². The van der Waals surface area contributed by atoms with Crippen LogP contribution in [0, 0.1) is 0 Å². The van der Waals surface area contributed by atoms with E-state index in [1.807, 2.05) is 32.7 Å². The normalized spacial score (nSPS) is 12.0. The van der Waals surface area contributed by atoms with Crippen molar-refractivity contribution in [2.24, 2.45) is 4.99 Å². The second kappa shape index (κ2) is 13.6. The average molecular weight is 529 g/mol. The maximum atomic E-state index is 12.3. The Morgan fingerprint density at radius 2 is 1.74 bits per heavy atom. The van der Waals surface area contributed by atoms with Crippen LogP contribution in [0.2, 0.25) is 0 Å². The summed E-state index contributed by atoms with van der Waals surface area (Å²) in [6.45, 7) is 8.39. The van der Waals surface area contributed by atoms with Crippen molar-refractivity contribution in [1.29, 1.82) is 0 Å². The molecule has 0 fully saturated rings. The summed E-state index contributed by atoms with van der Waals surface area (Å²) >= 11 is 1.72. The van der Waals surface area contributed by atoms with E-state index in [0.29, 0.717) is 19.6 Å². The third-order valence-corrected chi connectivity index (χ3v) is 6.73. The quantitative estimate of drug-likeness (QED) is 0.219. The van der Waals surface area contributed by atoms with E-state index in [2.05, 4.69) is 40.8 Å². The van der Waals surface area contributed by atoms with Crippen molar-refractivity contribution in [1.82, 2.24) is 14.5 Å². The van der Waals surface area contributed by atoms with Gasteiger partial charge in [-0.25, -0.2) is 12.7 Å². The van der Waals surface area contributed by atoms with Crippen LogP contribution in [0.4, 0.5) is 0 Å². The number of sulfonamides is 1. The molecule has 1 aromatic carbocycles. The lowest BCUT2D eigenvalue weighted by molar-refractivity contribution is 0.445. The molecule has 1 N–H and O–H groups in total. The first-order valence-corrected chi connectivity index (χ1v) is 11.8. The molecule has 0 heterocycles. The molecule has 0 saturated carbocycles. The summed E-state index contributed by atoms with van der Waals surface area (Å²) in [5.41, 5.74) is 1.19. The van der Waals surface area contributed by atoms with Gasteiger partial charge in [-0.3, -0.25) is 4.99 Å². The second-order valence-electron chi connectivity index (χ2n) is 5.84. The molecule has 0 spiro atoms. The lowest BCUT2D eigenvalue weighted by Crippen LogP contribution is -2.39. The fraction of sp³-hybridized carbons (Fsp3) is 0.611. The molecule has 0 bridgehead atoms. The Morgan fingerprint density at radius 1 is 1.15 bits per heavy atom. The molecule has 9 heteroatoms. The van der Waals surface area contributed by atoms with Crippen LogP contribution in [0.15, 0.2) is 34.2 Å². The molecule has 0 atom stereocenters. The predicted octanol–water partition coefficient (Wildman–Crippen LogP) is 3.10. The maximum Gasteiger partial charge on any atom is 0.215 e. The van der Waals surface area contributed by atoms with Crippen molar-refractivity contribution < 1.29 is 8.42 Å².